The quantitative estimate of drug-likeness (QED) is 0.707. The molecule has 1 heteroatoms. The van der Waals surface area contributed by atoms with E-state index >= 15 is 0 Å². The molecule has 92 valence electrons. The molecule has 2 rings (SSSR count). The molecule has 0 bridgehead atoms. The van der Waals surface area contributed by atoms with Crippen LogP contribution in [0.4, 0.5) is 0 Å². The van der Waals surface area contributed by atoms with Gasteiger partial charge >= 0.3 is 0 Å². The molecule has 16 heavy (non-hydrogen) atoms. The van der Waals surface area contributed by atoms with E-state index in [0.29, 0.717) is 12.5 Å². The molecule has 0 aliphatic heterocycles. The first-order valence-electron chi connectivity index (χ1n) is 6.91. The van der Waals surface area contributed by atoms with Crippen LogP contribution in [-0.2, 0) is 0 Å². The van der Waals surface area contributed by atoms with Crippen LogP contribution >= 0.6 is 0 Å². The maximum Gasteiger partial charge on any atom is 0.0459 e. The highest BCUT2D eigenvalue weighted by Gasteiger charge is 2.39. The summed E-state index contributed by atoms with van der Waals surface area (Å²) in [5.74, 6) is 3.72. The molecular weight excluding hydrogens is 196 g/mol. The van der Waals surface area contributed by atoms with Crippen molar-refractivity contribution >= 4 is 0 Å². The Morgan fingerprint density at radius 3 is 2.81 bits per heavy atom. The Morgan fingerprint density at radius 1 is 1.38 bits per heavy atom. The van der Waals surface area contributed by atoms with Crippen LogP contribution in [0.5, 0.6) is 0 Å². The van der Waals surface area contributed by atoms with Gasteiger partial charge in [-0.1, -0.05) is 31.9 Å². The highest BCUT2D eigenvalue weighted by molar-refractivity contribution is 5.11. The normalized spacial score (nSPS) is 41.1. The summed E-state index contributed by atoms with van der Waals surface area (Å²) in [5.41, 5.74) is 1.57. The fourth-order valence-electron chi connectivity index (χ4n) is 3.89. The first-order chi connectivity index (χ1) is 7.63. The van der Waals surface area contributed by atoms with E-state index in [1.807, 2.05) is 0 Å². The van der Waals surface area contributed by atoms with Crippen molar-refractivity contribution in [1.82, 2.24) is 0 Å². The Hall–Kier alpha value is -0.300. The third-order valence-corrected chi connectivity index (χ3v) is 5.04. The molecule has 0 spiro atoms. The second-order valence-electron chi connectivity index (χ2n) is 6.17. The topological polar surface area (TPSA) is 20.2 Å². The van der Waals surface area contributed by atoms with Crippen molar-refractivity contribution in [1.29, 1.82) is 0 Å². The predicted molar refractivity (Wildman–Crippen MR) is 68.1 cm³/mol. The zero-order valence-corrected chi connectivity index (χ0v) is 10.9. The third kappa shape index (κ3) is 2.20. The van der Waals surface area contributed by atoms with Crippen LogP contribution in [0.3, 0.4) is 0 Å². The SMILES string of the molecule is CC1=CC2C(CC1)[C@H](C)CC[C@H]2C(C)CO. The Labute approximate surface area is 99.9 Å². The molecule has 0 aromatic rings. The van der Waals surface area contributed by atoms with Gasteiger partial charge in [0.1, 0.15) is 0 Å². The average molecular weight is 222 g/mol. The minimum absolute atomic E-state index is 0.356. The van der Waals surface area contributed by atoms with E-state index in [0.717, 1.165) is 23.7 Å². The highest BCUT2D eigenvalue weighted by Crippen LogP contribution is 2.47. The first kappa shape index (κ1) is 12.2. The molecule has 0 radical (unpaired) electrons. The molecule has 1 nitrogen and oxygen atoms in total. The molecular formula is C15H26O. The van der Waals surface area contributed by atoms with Gasteiger partial charge in [0.05, 0.1) is 0 Å². The summed E-state index contributed by atoms with van der Waals surface area (Å²) in [4.78, 5) is 0. The fraction of sp³-hybridized carbons (Fsp3) is 0.867. The van der Waals surface area contributed by atoms with Crippen molar-refractivity contribution in [2.75, 3.05) is 6.61 Å². The van der Waals surface area contributed by atoms with Crippen LogP contribution in [0, 0.1) is 29.6 Å². The predicted octanol–water partition coefficient (Wildman–Crippen LogP) is 3.63. The molecule has 1 N–H and O–H groups in total. The summed E-state index contributed by atoms with van der Waals surface area (Å²) in [5, 5.41) is 9.39. The number of allylic oxidation sites excluding steroid dienone is 2. The second-order valence-corrected chi connectivity index (χ2v) is 6.17. The van der Waals surface area contributed by atoms with Crippen LogP contribution in [0.1, 0.15) is 46.5 Å². The maximum atomic E-state index is 9.39. The van der Waals surface area contributed by atoms with Crippen LogP contribution in [0.2, 0.25) is 0 Å². The lowest BCUT2D eigenvalue weighted by molar-refractivity contribution is 0.0590. The van der Waals surface area contributed by atoms with Gasteiger partial charge in [-0.2, -0.15) is 0 Å². The summed E-state index contributed by atoms with van der Waals surface area (Å²) in [7, 11) is 0. The van der Waals surface area contributed by atoms with E-state index in [4.69, 9.17) is 0 Å². The molecule has 0 heterocycles. The minimum Gasteiger partial charge on any atom is -0.396 e. The van der Waals surface area contributed by atoms with Crippen molar-refractivity contribution < 1.29 is 5.11 Å². The summed E-state index contributed by atoms with van der Waals surface area (Å²) in [6.45, 7) is 7.27. The van der Waals surface area contributed by atoms with E-state index in [2.05, 4.69) is 26.8 Å². The lowest BCUT2D eigenvalue weighted by Crippen LogP contribution is -2.38. The molecule has 2 aliphatic carbocycles. The fourth-order valence-corrected chi connectivity index (χ4v) is 3.89. The smallest absolute Gasteiger partial charge is 0.0459 e. The highest BCUT2D eigenvalue weighted by atomic mass is 16.3. The summed E-state index contributed by atoms with van der Waals surface area (Å²) < 4.78 is 0. The zero-order chi connectivity index (χ0) is 11.7. The van der Waals surface area contributed by atoms with Crippen LogP contribution < -0.4 is 0 Å². The number of rotatable bonds is 2. The van der Waals surface area contributed by atoms with Crippen molar-refractivity contribution in [3.8, 4) is 0 Å². The van der Waals surface area contributed by atoms with Crippen LogP contribution in [0.15, 0.2) is 11.6 Å². The second kappa shape index (κ2) is 4.91. The molecule has 0 saturated heterocycles. The number of aliphatic hydroxyl groups is 1. The summed E-state index contributed by atoms with van der Waals surface area (Å²) >= 11 is 0. The molecule has 0 amide bonds. The molecule has 3 unspecified atom stereocenters. The summed E-state index contributed by atoms with van der Waals surface area (Å²) in [6, 6.07) is 0. The van der Waals surface area contributed by atoms with Crippen LogP contribution in [0.25, 0.3) is 0 Å². The first-order valence-corrected chi connectivity index (χ1v) is 6.91. The van der Waals surface area contributed by atoms with Crippen molar-refractivity contribution in [2.45, 2.75) is 46.5 Å². The Bertz CT molecular complexity index is 269. The molecule has 0 aromatic carbocycles. The van der Waals surface area contributed by atoms with Crippen LogP contribution in [-0.4, -0.2) is 11.7 Å². The van der Waals surface area contributed by atoms with Crippen molar-refractivity contribution in [3.05, 3.63) is 11.6 Å². The standard InChI is InChI=1S/C15H26O/c1-10-4-6-13-11(2)5-7-14(12(3)9-16)15(13)8-10/h8,11-16H,4-7,9H2,1-3H3/t11-,12?,13?,14+,15?/m1/s1. The molecule has 1 saturated carbocycles. The average Bonchev–Trinajstić information content (AvgIpc) is 2.28. The number of hydrogen-bond donors (Lipinski definition) is 1. The van der Waals surface area contributed by atoms with Gasteiger partial charge in [-0.05, 0) is 55.8 Å². The molecule has 0 aromatic heterocycles. The van der Waals surface area contributed by atoms with E-state index in [-0.39, 0.29) is 0 Å². The van der Waals surface area contributed by atoms with E-state index in [1.54, 1.807) is 5.57 Å². The minimum atomic E-state index is 0.356. The van der Waals surface area contributed by atoms with Gasteiger partial charge < -0.3 is 5.11 Å². The van der Waals surface area contributed by atoms with Gasteiger partial charge in [0.2, 0.25) is 0 Å². The van der Waals surface area contributed by atoms with E-state index < -0.39 is 0 Å². The Morgan fingerprint density at radius 2 is 2.12 bits per heavy atom. The number of fused-ring (bicyclic) bond motifs is 1. The van der Waals surface area contributed by atoms with Gasteiger partial charge in [0.25, 0.3) is 0 Å². The van der Waals surface area contributed by atoms with Gasteiger partial charge in [-0.15, -0.1) is 0 Å². The van der Waals surface area contributed by atoms with E-state index in [1.165, 1.54) is 25.7 Å². The van der Waals surface area contributed by atoms with Crippen molar-refractivity contribution in [3.63, 3.8) is 0 Å². The molecule has 2 aliphatic rings. The Kier molecular flexibility index (Phi) is 3.73. The van der Waals surface area contributed by atoms with Gasteiger partial charge in [0, 0.05) is 6.61 Å². The number of hydrogen-bond acceptors (Lipinski definition) is 1. The van der Waals surface area contributed by atoms with Gasteiger partial charge in [0.15, 0.2) is 0 Å². The molecule has 1 fully saturated rings. The Balaban J connectivity index is 2.18. The lowest BCUT2D eigenvalue weighted by atomic mass is 9.60. The molecule has 5 atom stereocenters. The van der Waals surface area contributed by atoms with E-state index in [9.17, 15) is 5.11 Å². The lowest BCUT2D eigenvalue weighted by Gasteiger charge is -2.45. The summed E-state index contributed by atoms with van der Waals surface area (Å²) in [6.07, 6.45) is 7.88. The largest absolute Gasteiger partial charge is 0.396 e. The van der Waals surface area contributed by atoms with Gasteiger partial charge in [-0.25, -0.2) is 0 Å². The monoisotopic (exact) mass is 222 g/mol. The zero-order valence-electron chi connectivity index (χ0n) is 10.9. The number of aliphatic hydroxyl groups excluding tert-OH is 1. The van der Waals surface area contributed by atoms with Gasteiger partial charge in [-0.3, -0.25) is 0 Å². The maximum absolute atomic E-state index is 9.39. The third-order valence-electron chi connectivity index (χ3n) is 5.04. The van der Waals surface area contributed by atoms with Crippen molar-refractivity contribution in [2.24, 2.45) is 29.6 Å².